The molecule has 3 aliphatic carbocycles. The average Bonchev–Trinajstić information content (AvgIpc) is 2.79. The largest absolute Gasteiger partial charge is 0.497 e. The Labute approximate surface area is 182 Å². The zero-order chi connectivity index (χ0) is 20.9. The van der Waals surface area contributed by atoms with Crippen LogP contribution in [-0.2, 0) is 4.79 Å². The van der Waals surface area contributed by atoms with E-state index in [1.807, 2.05) is 24.3 Å². The van der Waals surface area contributed by atoms with Crippen LogP contribution in [0.25, 0.3) is 0 Å². The lowest BCUT2D eigenvalue weighted by atomic mass is 9.60. The summed E-state index contributed by atoms with van der Waals surface area (Å²) in [5, 5.41) is 0. The van der Waals surface area contributed by atoms with Crippen LogP contribution in [0.5, 0.6) is 11.5 Å². The fraction of sp³-hybridized carbons (Fsp3) is 0.741. The molecule has 3 aliphatic rings. The van der Waals surface area contributed by atoms with Gasteiger partial charge in [0.1, 0.15) is 11.5 Å². The Morgan fingerprint density at radius 3 is 2.03 bits per heavy atom. The molecule has 4 rings (SSSR count). The third-order valence-corrected chi connectivity index (χ3v) is 8.51. The summed E-state index contributed by atoms with van der Waals surface area (Å²) in [6.07, 6.45) is 16.1. The monoisotopic (exact) mass is 412 g/mol. The van der Waals surface area contributed by atoms with E-state index in [0.29, 0.717) is 5.75 Å². The number of benzene rings is 1. The van der Waals surface area contributed by atoms with E-state index in [-0.39, 0.29) is 11.9 Å². The molecule has 4 unspecified atom stereocenters. The summed E-state index contributed by atoms with van der Waals surface area (Å²) in [7, 11) is 1.64. The van der Waals surface area contributed by atoms with Crippen molar-refractivity contribution in [3.63, 3.8) is 0 Å². The highest BCUT2D eigenvalue weighted by molar-refractivity contribution is 5.75. The molecule has 0 aliphatic heterocycles. The highest BCUT2D eigenvalue weighted by Gasteiger charge is 2.39. The molecule has 3 fully saturated rings. The number of carbonyl (C=O) groups is 1. The molecule has 4 atom stereocenters. The molecule has 0 saturated heterocycles. The van der Waals surface area contributed by atoms with Gasteiger partial charge in [-0.2, -0.15) is 0 Å². The van der Waals surface area contributed by atoms with E-state index in [1.165, 1.54) is 64.2 Å². The molecule has 0 heterocycles. The molecule has 3 heteroatoms. The number of esters is 1. The predicted molar refractivity (Wildman–Crippen MR) is 121 cm³/mol. The number of hydrogen-bond acceptors (Lipinski definition) is 3. The molecular formula is C27H40O3. The van der Waals surface area contributed by atoms with Crippen LogP contribution in [0, 0.1) is 35.5 Å². The van der Waals surface area contributed by atoms with Crippen molar-refractivity contribution in [1.82, 2.24) is 0 Å². The zero-order valence-electron chi connectivity index (χ0n) is 19.0. The fourth-order valence-electron chi connectivity index (χ4n) is 6.79. The molecule has 3 saturated carbocycles. The van der Waals surface area contributed by atoms with E-state index in [0.717, 1.165) is 48.2 Å². The van der Waals surface area contributed by atoms with Gasteiger partial charge in [0.15, 0.2) is 0 Å². The summed E-state index contributed by atoms with van der Waals surface area (Å²) in [5.41, 5.74) is 0. The number of rotatable bonds is 6. The normalized spacial score (nSPS) is 34.1. The quantitative estimate of drug-likeness (QED) is 0.371. The Morgan fingerprint density at radius 2 is 1.37 bits per heavy atom. The molecule has 0 amide bonds. The van der Waals surface area contributed by atoms with Crippen molar-refractivity contribution in [1.29, 1.82) is 0 Å². The highest BCUT2D eigenvalue weighted by atomic mass is 16.5. The first-order valence-corrected chi connectivity index (χ1v) is 12.5. The summed E-state index contributed by atoms with van der Waals surface area (Å²) in [4.78, 5) is 12.6. The molecule has 1 aromatic rings. The van der Waals surface area contributed by atoms with Gasteiger partial charge in [-0.25, -0.2) is 0 Å². The molecule has 166 valence electrons. The van der Waals surface area contributed by atoms with Gasteiger partial charge in [0.25, 0.3) is 0 Å². The standard InChI is InChI=1S/C27H40O3/c1-3-4-19-5-6-24-18-23(12-11-22(24)17-19)20-7-9-21(10-8-20)27(28)30-26-15-13-25(29-2)14-16-26/h13-16,19-24H,3-12,17-18H2,1-2H3. The summed E-state index contributed by atoms with van der Waals surface area (Å²) in [6.45, 7) is 2.34. The van der Waals surface area contributed by atoms with E-state index >= 15 is 0 Å². The first kappa shape index (κ1) is 21.7. The zero-order valence-corrected chi connectivity index (χ0v) is 19.0. The van der Waals surface area contributed by atoms with E-state index in [4.69, 9.17) is 9.47 Å². The molecular weight excluding hydrogens is 372 g/mol. The van der Waals surface area contributed by atoms with Crippen LogP contribution < -0.4 is 9.47 Å². The van der Waals surface area contributed by atoms with E-state index < -0.39 is 0 Å². The number of carbonyl (C=O) groups excluding carboxylic acids is 1. The van der Waals surface area contributed by atoms with Crippen LogP contribution in [0.2, 0.25) is 0 Å². The van der Waals surface area contributed by atoms with Gasteiger partial charge < -0.3 is 9.47 Å². The van der Waals surface area contributed by atoms with Gasteiger partial charge in [0.2, 0.25) is 0 Å². The van der Waals surface area contributed by atoms with Gasteiger partial charge in [-0.15, -0.1) is 0 Å². The molecule has 0 aromatic heterocycles. The van der Waals surface area contributed by atoms with Gasteiger partial charge in [-0.1, -0.05) is 26.2 Å². The van der Waals surface area contributed by atoms with Gasteiger partial charge in [-0.3, -0.25) is 4.79 Å². The lowest BCUT2D eigenvalue weighted by Gasteiger charge is -2.45. The molecule has 0 N–H and O–H groups in total. The average molecular weight is 413 g/mol. The van der Waals surface area contributed by atoms with Crippen LogP contribution in [0.1, 0.15) is 84.0 Å². The van der Waals surface area contributed by atoms with Crippen molar-refractivity contribution in [2.24, 2.45) is 35.5 Å². The van der Waals surface area contributed by atoms with Crippen LogP contribution in [0.3, 0.4) is 0 Å². The molecule has 1 aromatic carbocycles. The first-order valence-electron chi connectivity index (χ1n) is 12.5. The van der Waals surface area contributed by atoms with E-state index in [9.17, 15) is 4.79 Å². The van der Waals surface area contributed by atoms with Crippen molar-refractivity contribution < 1.29 is 14.3 Å². The van der Waals surface area contributed by atoms with Crippen LogP contribution in [-0.4, -0.2) is 13.1 Å². The van der Waals surface area contributed by atoms with E-state index in [2.05, 4.69) is 6.92 Å². The van der Waals surface area contributed by atoms with Crippen molar-refractivity contribution in [3.8, 4) is 11.5 Å². The highest BCUT2D eigenvalue weighted by Crippen LogP contribution is 2.49. The fourth-order valence-corrected chi connectivity index (χ4v) is 6.79. The van der Waals surface area contributed by atoms with Gasteiger partial charge in [0.05, 0.1) is 13.0 Å². The molecule has 0 bridgehead atoms. The maximum atomic E-state index is 12.6. The Kier molecular flexibility index (Phi) is 7.38. The van der Waals surface area contributed by atoms with E-state index in [1.54, 1.807) is 7.11 Å². The number of methoxy groups -OCH3 is 1. The Hall–Kier alpha value is -1.51. The van der Waals surface area contributed by atoms with Gasteiger partial charge in [-0.05, 0) is 112 Å². The van der Waals surface area contributed by atoms with Crippen molar-refractivity contribution in [2.45, 2.75) is 84.0 Å². The maximum absolute atomic E-state index is 12.6. The second kappa shape index (κ2) is 10.2. The van der Waals surface area contributed by atoms with Crippen molar-refractivity contribution in [2.75, 3.05) is 7.11 Å². The van der Waals surface area contributed by atoms with Gasteiger partial charge in [0, 0.05) is 0 Å². The minimum atomic E-state index is -0.0448. The number of fused-ring (bicyclic) bond motifs is 1. The Bertz CT molecular complexity index is 674. The maximum Gasteiger partial charge on any atom is 0.314 e. The summed E-state index contributed by atoms with van der Waals surface area (Å²) < 4.78 is 10.8. The lowest BCUT2D eigenvalue weighted by Crippen LogP contribution is -2.35. The third-order valence-electron chi connectivity index (χ3n) is 8.51. The second-order valence-electron chi connectivity index (χ2n) is 10.3. The Balaban J connectivity index is 1.22. The lowest BCUT2D eigenvalue weighted by molar-refractivity contribution is -0.140. The number of ether oxygens (including phenoxy) is 2. The first-order chi connectivity index (χ1) is 14.7. The molecule has 30 heavy (non-hydrogen) atoms. The molecule has 0 radical (unpaired) electrons. The second-order valence-corrected chi connectivity index (χ2v) is 10.3. The van der Waals surface area contributed by atoms with Crippen LogP contribution >= 0.6 is 0 Å². The topological polar surface area (TPSA) is 35.5 Å². The SMILES string of the molecule is CCCC1CCC2CC(C3CCC(C(=O)Oc4ccc(OC)cc4)CC3)CCC2C1. The van der Waals surface area contributed by atoms with Crippen LogP contribution in [0.15, 0.2) is 24.3 Å². The summed E-state index contributed by atoms with van der Waals surface area (Å²) >= 11 is 0. The smallest absolute Gasteiger partial charge is 0.314 e. The minimum Gasteiger partial charge on any atom is -0.497 e. The Morgan fingerprint density at radius 1 is 0.800 bits per heavy atom. The third kappa shape index (κ3) is 5.21. The molecule has 0 spiro atoms. The predicted octanol–water partition coefficient (Wildman–Crippen LogP) is 7.04. The van der Waals surface area contributed by atoms with Crippen LogP contribution in [0.4, 0.5) is 0 Å². The summed E-state index contributed by atoms with van der Waals surface area (Å²) in [6, 6.07) is 7.31. The summed E-state index contributed by atoms with van der Waals surface area (Å²) in [5.74, 6) is 6.21. The van der Waals surface area contributed by atoms with Gasteiger partial charge >= 0.3 is 5.97 Å². The minimum absolute atomic E-state index is 0.0448. The van der Waals surface area contributed by atoms with Crippen molar-refractivity contribution in [3.05, 3.63) is 24.3 Å². The number of hydrogen-bond donors (Lipinski definition) is 0. The molecule has 3 nitrogen and oxygen atoms in total. The van der Waals surface area contributed by atoms with Crippen molar-refractivity contribution >= 4 is 5.97 Å².